The minimum atomic E-state index is -2.90. The van der Waals surface area contributed by atoms with Gasteiger partial charge in [0.25, 0.3) is 0 Å². The quantitative estimate of drug-likeness (QED) is 0.858. The predicted molar refractivity (Wildman–Crippen MR) is 74.4 cm³/mol. The summed E-state index contributed by atoms with van der Waals surface area (Å²) in [7, 11) is -2.90. The number of hydrogen-bond acceptors (Lipinski definition) is 3. The molecule has 1 saturated carbocycles. The molecule has 1 unspecified atom stereocenters. The van der Waals surface area contributed by atoms with Gasteiger partial charge in [0.1, 0.15) is 9.84 Å². The molecular formula is C14H21NO2S. The Morgan fingerprint density at radius 1 is 1.39 bits per heavy atom. The maximum atomic E-state index is 11.2. The number of nitrogens with one attached hydrogen (secondary N) is 1. The number of hydrogen-bond donors (Lipinski definition) is 1. The van der Waals surface area contributed by atoms with Gasteiger partial charge in [-0.15, -0.1) is 0 Å². The third kappa shape index (κ3) is 4.42. The first-order valence-electron chi connectivity index (χ1n) is 6.44. The molecule has 0 radical (unpaired) electrons. The molecule has 1 N–H and O–H groups in total. The number of rotatable bonds is 6. The third-order valence-electron chi connectivity index (χ3n) is 3.21. The molecule has 0 spiro atoms. The standard InChI is InChI=1S/C14H21NO2S/c1-11(10-18(2,16)17)15-9-12-4-3-5-14(8-12)13-6-7-13/h3-5,8,11,13,15H,6-7,9-10H2,1-2H3. The molecular weight excluding hydrogens is 246 g/mol. The largest absolute Gasteiger partial charge is 0.309 e. The summed E-state index contributed by atoms with van der Waals surface area (Å²) in [6, 6.07) is 8.58. The molecule has 1 aliphatic carbocycles. The highest BCUT2D eigenvalue weighted by Crippen LogP contribution is 2.40. The van der Waals surface area contributed by atoms with Crippen molar-refractivity contribution >= 4 is 9.84 Å². The first-order valence-corrected chi connectivity index (χ1v) is 8.50. The lowest BCUT2D eigenvalue weighted by molar-refractivity contribution is 0.560. The average Bonchev–Trinajstić information content (AvgIpc) is 3.08. The van der Waals surface area contributed by atoms with Gasteiger partial charge in [0.2, 0.25) is 0 Å². The summed E-state index contributed by atoms with van der Waals surface area (Å²) in [5, 5.41) is 3.26. The molecule has 1 atom stereocenters. The van der Waals surface area contributed by atoms with Gasteiger partial charge in [-0.3, -0.25) is 0 Å². The molecule has 0 saturated heterocycles. The maximum absolute atomic E-state index is 11.2. The van der Waals surface area contributed by atoms with Crippen molar-refractivity contribution in [3.8, 4) is 0 Å². The normalized spacial score (nSPS) is 17.7. The molecule has 2 rings (SSSR count). The van der Waals surface area contributed by atoms with E-state index in [4.69, 9.17) is 0 Å². The SMILES string of the molecule is CC(CS(C)(=O)=O)NCc1cccc(C2CC2)c1. The monoisotopic (exact) mass is 267 g/mol. The van der Waals surface area contributed by atoms with Gasteiger partial charge in [0.05, 0.1) is 5.75 Å². The van der Waals surface area contributed by atoms with Crippen molar-refractivity contribution in [2.24, 2.45) is 0 Å². The maximum Gasteiger partial charge on any atom is 0.148 e. The van der Waals surface area contributed by atoms with E-state index >= 15 is 0 Å². The van der Waals surface area contributed by atoms with E-state index in [9.17, 15) is 8.42 Å². The van der Waals surface area contributed by atoms with E-state index in [1.54, 1.807) is 0 Å². The van der Waals surface area contributed by atoms with Crippen molar-refractivity contribution in [3.63, 3.8) is 0 Å². The number of sulfone groups is 1. The molecule has 1 aromatic carbocycles. The van der Waals surface area contributed by atoms with Crippen molar-refractivity contribution in [3.05, 3.63) is 35.4 Å². The highest BCUT2D eigenvalue weighted by molar-refractivity contribution is 7.90. The Labute approximate surface area is 110 Å². The van der Waals surface area contributed by atoms with Gasteiger partial charge in [0, 0.05) is 18.8 Å². The van der Waals surface area contributed by atoms with Gasteiger partial charge >= 0.3 is 0 Å². The Kier molecular flexibility index (Phi) is 4.07. The van der Waals surface area contributed by atoms with E-state index in [1.807, 2.05) is 6.92 Å². The van der Waals surface area contributed by atoms with E-state index < -0.39 is 9.84 Å². The van der Waals surface area contributed by atoms with Gasteiger partial charge < -0.3 is 5.32 Å². The zero-order chi connectivity index (χ0) is 13.2. The van der Waals surface area contributed by atoms with E-state index in [-0.39, 0.29) is 11.8 Å². The van der Waals surface area contributed by atoms with E-state index in [0.717, 1.165) is 12.5 Å². The van der Waals surface area contributed by atoms with Crippen LogP contribution in [0.5, 0.6) is 0 Å². The predicted octanol–water partition coefficient (Wildman–Crippen LogP) is 2.09. The van der Waals surface area contributed by atoms with Crippen LogP contribution >= 0.6 is 0 Å². The molecule has 0 bridgehead atoms. The van der Waals surface area contributed by atoms with Gasteiger partial charge in [-0.25, -0.2) is 8.42 Å². The molecule has 1 aromatic rings. The van der Waals surface area contributed by atoms with Crippen LogP contribution in [0, 0.1) is 0 Å². The van der Waals surface area contributed by atoms with Gasteiger partial charge in [-0.1, -0.05) is 24.3 Å². The Hall–Kier alpha value is -0.870. The second kappa shape index (κ2) is 5.41. The lowest BCUT2D eigenvalue weighted by Crippen LogP contribution is -2.32. The van der Waals surface area contributed by atoms with Crippen LogP contribution in [0.1, 0.15) is 36.8 Å². The Morgan fingerprint density at radius 2 is 2.11 bits per heavy atom. The van der Waals surface area contributed by atoms with E-state index in [1.165, 1.54) is 30.2 Å². The minimum Gasteiger partial charge on any atom is -0.309 e. The Balaban J connectivity index is 1.87. The van der Waals surface area contributed by atoms with E-state index in [0.29, 0.717) is 0 Å². The molecule has 0 amide bonds. The second-order valence-corrected chi connectivity index (χ2v) is 7.58. The van der Waals surface area contributed by atoms with Crippen molar-refractivity contribution in [2.45, 2.75) is 38.3 Å². The highest BCUT2D eigenvalue weighted by Gasteiger charge is 2.23. The van der Waals surface area contributed by atoms with Crippen LogP contribution in [-0.2, 0) is 16.4 Å². The molecule has 100 valence electrons. The van der Waals surface area contributed by atoms with Crippen LogP contribution in [0.2, 0.25) is 0 Å². The molecule has 18 heavy (non-hydrogen) atoms. The highest BCUT2D eigenvalue weighted by atomic mass is 32.2. The molecule has 1 aliphatic rings. The summed E-state index contributed by atoms with van der Waals surface area (Å²) in [4.78, 5) is 0. The molecule has 0 heterocycles. The number of benzene rings is 1. The van der Waals surface area contributed by atoms with Crippen LogP contribution in [0.25, 0.3) is 0 Å². The molecule has 0 aliphatic heterocycles. The molecule has 3 nitrogen and oxygen atoms in total. The minimum absolute atomic E-state index is 0.00965. The first-order chi connectivity index (χ1) is 8.44. The lowest BCUT2D eigenvalue weighted by Gasteiger charge is -2.13. The van der Waals surface area contributed by atoms with Crippen molar-refractivity contribution in [2.75, 3.05) is 12.0 Å². The Bertz CT molecular complexity index is 506. The topological polar surface area (TPSA) is 46.2 Å². The third-order valence-corrected chi connectivity index (χ3v) is 4.31. The first kappa shape index (κ1) is 13.6. The van der Waals surface area contributed by atoms with Crippen LogP contribution in [-0.4, -0.2) is 26.5 Å². The van der Waals surface area contributed by atoms with Crippen molar-refractivity contribution < 1.29 is 8.42 Å². The van der Waals surface area contributed by atoms with Crippen LogP contribution in [0.3, 0.4) is 0 Å². The Morgan fingerprint density at radius 3 is 2.72 bits per heavy atom. The summed E-state index contributed by atoms with van der Waals surface area (Å²) in [6.45, 7) is 2.64. The fraction of sp³-hybridized carbons (Fsp3) is 0.571. The van der Waals surface area contributed by atoms with Crippen molar-refractivity contribution in [1.82, 2.24) is 5.32 Å². The average molecular weight is 267 g/mol. The van der Waals surface area contributed by atoms with Gasteiger partial charge in [0.15, 0.2) is 0 Å². The molecule has 4 heteroatoms. The smallest absolute Gasteiger partial charge is 0.148 e. The fourth-order valence-corrected chi connectivity index (χ4v) is 3.20. The summed E-state index contributed by atoms with van der Waals surface area (Å²) < 4.78 is 22.3. The summed E-state index contributed by atoms with van der Waals surface area (Å²) in [6.07, 6.45) is 3.89. The van der Waals surface area contributed by atoms with Gasteiger partial charge in [-0.05, 0) is 36.8 Å². The van der Waals surface area contributed by atoms with Crippen LogP contribution in [0.15, 0.2) is 24.3 Å². The molecule has 1 fully saturated rings. The zero-order valence-electron chi connectivity index (χ0n) is 11.0. The summed E-state index contributed by atoms with van der Waals surface area (Å²) >= 11 is 0. The van der Waals surface area contributed by atoms with Crippen LogP contribution < -0.4 is 5.32 Å². The van der Waals surface area contributed by atoms with Gasteiger partial charge in [-0.2, -0.15) is 0 Å². The van der Waals surface area contributed by atoms with Crippen LogP contribution in [0.4, 0.5) is 0 Å². The summed E-state index contributed by atoms with van der Waals surface area (Å²) in [5.74, 6) is 0.952. The van der Waals surface area contributed by atoms with Crippen molar-refractivity contribution in [1.29, 1.82) is 0 Å². The van der Waals surface area contributed by atoms with E-state index in [2.05, 4.69) is 29.6 Å². The lowest BCUT2D eigenvalue weighted by atomic mass is 10.1. The zero-order valence-corrected chi connectivity index (χ0v) is 11.8. The molecule has 0 aromatic heterocycles. The second-order valence-electron chi connectivity index (χ2n) is 5.39. The fourth-order valence-electron chi connectivity index (χ4n) is 2.18. The summed E-state index contributed by atoms with van der Waals surface area (Å²) in [5.41, 5.74) is 2.66.